The van der Waals surface area contributed by atoms with Gasteiger partial charge in [0.05, 0.1) is 31.2 Å². The van der Waals surface area contributed by atoms with Gasteiger partial charge in [0.1, 0.15) is 18.8 Å². The Morgan fingerprint density at radius 3 is 2.58 bits per heavy atom. The maximum absolute atomic E-state index is 12.5. The minimum atomic E-state index is -4.35. The number of benzene rings is 1. The molecule has 0 amide bonds. The summed E-state index contributed by atoms with van der Waals surface area (Å²) in [4.78, 5) is 12.7. The smallest absolute Gasteiger partial charge is 0.416 e. The number of aromatic nitrogens is 3. The topological polar surface area (TPSA) is 66.2 Å². The number of nitrogens with zero attached hydrogens (tertiary/aromatic N) is 3. The van der Waals surface area contributed by atoms with Gasteiger partial charge in [0, 0.05) is 10.6 Å². The molecular formula is C16H16F3N3O3S. The molecule has 10 heteroatoms. The molecule has 1 saturated heterocycles. The zero-order valence-electron chi connectivity index (χ0n) is 13.6. The van der Waals surface area contributed by atoms with Crippen molar-refractivity contribution in [3.8, 4) is 0 Å². The van der Waals surface area contributed by atoms with E-state index in [0.29, 0.717) is 23.9 Å². The van der Waals surface area contributed by atoms with E-state index in [2.05, 4.69) is 10.2 Å². The normalized spacial score (nSPS) is 20.3. The summed E-state index contributed by atoms with van der Waals surface area (Å²) in [5, 5.41) is 7.46. The molecule has 1 aromatic heterocycles. The molecule has 0 radical (unpaired) electrons. The lowest BCUT2D eigenvalue weighted by molar-refractivity contribution is -0.149. The molecule has 1 fully saturated rings. The molecule has 6 nitrogen and oxygen atoms in total. The Labute approximate surface area is 151 Å². The van der Waals surface area contributed by atoms with Gasteiger partial charge in [0.2, 0.25) is 0 Å². The molecule has 0 bridgehead atoms. The minimum absolute atomic E-state index is 0.150. The molecule has 26 heavy (non-hydrogen) atoms. The molecule has 2 atom stereocenters. The number of ether oxygens (including phenoxy) is 2. The number of alkyl halides is 3. The summed E-state index contributed by atoms with van der Waals surface area (Å²) < 4.78 is 50.1. The van der Waals surface area contributed by atoms with Gasteiger partial charge < -0.3 is 14.0 Å². The molecule has 2 heterocycles. The third-order valence-electron chi connectivity index (χ3n) is 3.86. The van der Waals surface area contributed by atoms with Crippen molar-refractivity contribution in [2.24, 2.45) is 0 Å². The van der Waals surface area contributed by atoms with Crippen LogP contribution in [0.5, 0.6) is 0 Å². The highest BCUT2D eigenvalue weighted by molar-refractivity contribution is 7.99. The molecule has 0 unspecified atom stereocenters. The van der Waals surface area contributed by atoms with Crippen LogP contribution in [0.3, 0.4) is 0 Å². The second-order valence-corrected chi connectivity index (χ2v) is 6.83. The molecule has 140 valence electrons. The van der Waals surface area contributed by atoms with Gasteiger partial charge >= 0.3 is 12.1 Å². The summed E-state index contributed by atoms with van der Waals surface area (Å²) in [7, 11) is 0. The number of halogens is 3. The van der Waals surface area contributed by atoms with Crippen molar-refractivity contribution in [3.63, 3.8) is 0 Å². The zero-order valence-corrected chi connectivity index (χ0v) is 14.4. The van der Waals surface area contributed by atoms with Crippen LogP contribution >= 0.6 is 11.8 Å². The van der Waals surface area contributed by atoms with Crippen LogP contribution in [0.2, 0.25) is 0 Å². The third-order valence-corrected chi connectivity index (χ3v) is 4.87. The van der Waals surface area contributed by atoms with Gasteiger partial charge in [0.15, 0.2) is 0 Å². The molecule has 1 aliphatic heterocycles. The van der Waals surface area contributed by atoms with E-state index in [-0.39, 0.29) is 18.4 Å². The van der Waals surface area contributed by atoms with Crippen molar-refractivity contribution >= 4 is 17.7 Å². The average Bonchev–Trinajstić information content (AvgIpc) is 3.25. The zero-order chi connectivity index (χ0) is 18.6. The lowest BCUT2D eigenvalue weighted by Gasteiger charge is -2.18. The van der Waals surface area contributed by atoms with Crippen LogP contribution < -0.4 is 0 Å². The molecule has 0 aliphatic carbocycles. The van der Waals surface area contributed by atoms with E-state index in [1.807, 2.05) is 0 Å². The highest BCUT2D eigenvalue weighted by atomic mass is 32.2. The Morgan fingerprint density at radius 1 is 1.23 bits per heavy atom. The van der Waals surface area contributed by atoms with Crippen molar-refractivity contribution in [2.45, 2.75) is 29.6 Å². The number of hydrogen-bond acceptors (Lipinski definition) is 6. The molecular weight excluding hydrogens is 371 g/mol. The lowest BCUT2D eigenvalue weighted by Crippen LogP contribution is -2.27. The Kier molecular flexibility index (Phi) is 5.82. The van der Waals surface area contributed by atoms with E-state index >= 15 is 0 Å². The van der Waals surface area contributed by atoms with E-state index in [1.54, 1.807) is 17.2 Å². The summed E-state index contributed by atoms with van der Waals surface area (Å²) in [6, 6.07) is 4.69. The largest absolute Gasteiger partial charge is 0.458 e. The average molecular weight is 387 g/mol. The van der Waals surface area contributed by atoms with E-state index < -0.39 is 17.8 Å². The first kappa shape index (κ1) is 18.7. The van der Waals surface area contributed by atoms with Gasteiger partial charge in [0.25, 0.3) is 0 Å². The van der Waals surface area contributed by atoms with Crippen molar-refractivity contribution in [3.05, 3.63) is 42.5 Å². The number of carbonyl (C=O) groups excluding carboxylic acids is 1. The van der Waals surface area contributed by atoms with Crippen LogP contribution in [0.15, 0.2) is 41.8 Å². The fourth-order valence-electron chi connectivity index (χ4n) is 2.51. The molecule has 0 N–H and O–H groups in total. The summed E-state index contributed by atoms with van der Waals surface area (Å²) in [6.45, 7) is 0.719. The monoisotopic (exact) mass is 387 g/mol. The van der Waals surface area contributed by atoms with Gasteiger partial charge in [-0.05, 0) is 24.3 Å². The minimum Gasteiger partial charge on any atom is -0.458 e. The van der Waals surface area contributed by atoms with Crippen LogP contribution in [0.25, 0.3) is 0 Å². The van der Waals surface area contributed by atoms with Crippen molar-refractivity contribution in [1.29, 1.82) is 0 Å². The highest BCUT2D eigenvalue weighted by Gasteiger charge is 2.33. The second-order valence-electron chi connectivity index (χ2n) is 5.66. The highest BCUT2D eigenvalue weighted by Crippen LogP contribution is 2.31. The van der Waals surface area contributed by atoms with E-state index in [1.165, 1.54) is 23.9 Å². The first-order valence-electron chi connectivity index (χ1n) is 7.85. The first-order valence-corrected chi connectivity index (χ1v) is 8.83. The van der Waals surface area contributed by atoms with Gasteiger partial charge in [-0.3, -0.25) is 4.79 Å². The Bertz CT molecular complexity index is 723. The molecule has 1 aromatic carbocycles. The molecule has 1 aliphatic rings. The third kappa shape index (κ3) is 4.76. The summed E-state index contributed by atoms with van der Waals surface area (Å²) >= 11 is 1.30. The quantitative estimate of drug-likeness (QED) is 0.561. The van der Waals surface area contributed by atoms with Crippen LogP contribution in [-0.4, -0.2) is 45.8 Å². The number of thioether (sulfide) groups is 1. The van der Waals surface area contributed by atoms with Gasteiger partial charge in [-0.1, -0.05) is 0 Å². The Balaban J connectivity index is 1.44. The SMILES string of the molecule is O=C(CCSc1ccc(C(F)(F)F)cc1)O[C@@H]1COC[C@H]1n1cnnc1. The Morgan fingerprint density at radius 2 is 1.92 bits per heavy atom. The van der Waals surface area contributed by atoms with Crippen molar-refractivity contribution in [1.82, 2.24) is 14.8 Å². The molecule has 3 rings (SSSR count). The van der Waals surface area contributed by atoms with Crippen molar-refractivity contribution in [2.75, 3.05) is 19.0 Å². The number of rotatable bonds is 6. The van der Waals surface area contributed by atoms with Gasteiger partial charge in [-0.2, -0.15) is 13.2 Å². The first-order chi connectivity index (χ1) is 12.4. The standard InChI is InChI=1S/C16H16F3N3O3S/c17-16(18,19)11-1-3-12(4-2-11)26-6-5-15(23)25-14-8-24-7-13(14)22-9-20-21-10-22/h1-4,9-10,13-14H,5-8H2/t13-,14-/m1/s1. The number of carbonyl (C=O) groups is 1. The lowest BCUT2D eigenvalue weighted by atomic mass is 10.2. The van der Waals surface area contributed by atoms with Crippen LogP contribution in [0, 0.1) is 0 Å². The van der Waals surface area contributed by atoms with Crippen LogP contribution in [-0.2, 0) is 20.4 Å². The number of hydrogen-bond donors (Lipinski definition) is 0. The number of esters is 1. The molecule has 2 aromatic rings. The van der Waals surface area contributed by atoms with Crippen molar-refractivity contribution < 1.29 is 27.4 Å². The van der Waals surface area contributed by atoms with E-state index in [9.17, 15) is 18.0 Å². The van der Waals surface area contributed by atoms with Gasteiger partial charge in [-0.25, -0.2) is 0 Å². The summed E-state index contributed by atoms with van der Waals surface area (Å²) in [5.41, 5.74) is -0.692. The molecule has 0 spiro atoms. The maximum Gasteiger partial charge on any atom is 0.416 e. The Hall–Kier alpha value is -2.07. The summed E-state index contributed by atoms with van der Waals surface area (Å²) in [5.74, 6) is 0.0349. The van der Waals surface area contributed by atoms with Crippen LogP contribution in [0.4, 0.5) is 13.2 Å². The second kappa shape index (κ2) is 8.09. The predicted octanol–water partition coefficient (Wildman–Crippen LogP) is 2.96. The summed E-state index contributed by atoms with van der Waals surface area (Å²) in [6.07, 6.45) is -1.52. The van der Waals surface area contributed by atoms with Gasteiger partial charge in [-0.15, -0.1) is 22.0 Å². The van der Waals surface area contributed by atoms with E-state index in [0.717, 1.165) is 12.1 Å². The maximum atomic E-state index is 12.5. The van der Waals surface area contributed by atoms with Crippen LogP contribution in [0.1, 0.15) is 18.0 Å². The predicted molar refractivity (Wildman–Crippen MR) is 86.5 cm³/mol. The fourth-order valence-corrected chi connectivity index (χ4v) is 3.35. The fraction of sp³-hybridized carbons (Fsp3) is 0.438. The van der Waals surface area contributed by atoms with E-state index in [4.69, 9.17) is 9.47 Å². The molecule has 0 saturated carbocycles.